The summed E-state index contributed by atoms with van der Waals surface area (Å²) in [5.41, 5.74) is 4.78. The van der Waals surface area contributed by atoms with Gasteiger partial charge in [-0.05, 0) is 53.5 Å². The Morgan fingerprint density at radius 3 is 2.41 bits per heavy atom. The first-order chi connectivity index (χ1) is 10.2. The zero-order valence-electron chi connectivity index (χ0n) is 14.1. The molecule has 1 unspecified atom stereocenters. The first-order valence-corrected chi connectivity index (χ1v) is 7.94. The van der Waals surface area contributed by atoms with Crippen LogP contribution in [-0.4, -0.2) is 54.3 Å². The van der Waals surface area contributed by atoms with Crippen LogP contribution in [-0.2, 0) is 4.74 Å². The summed E-state index contributed by atoms with van der Waals surface area (Å²) in [5.74, 6) is 0. The lowest BCUT2D eigenvalue weighted by atomic mass is 10.1. The lowest BCUT2D eigenvalue weighted by molar-refractivity contribution is 0.0506. The maximum absolute atomic E-state index is 11.6. The van der Waals surface area contributed by atoms with Crippen LogP contribution in [0.15, 0.2) is 0 Å². The van der Waals surface area contributed by atoms with Gasteiger partial charge >= 0.3 is 12.1 Å². The fraction of sp³-hybridized carbons (Fsp3) is 0.867. The second kappa shape index (κ2) is 8.22. The number of hydrogen-bond acceptors (Lipinski definition) is 4. The van der Waals surface area contributed by atoms with E-state index >= 15 is 0 Å². The Labute approximate surface area is 132 Å². The predicted molar refractivity (Wildman–Crippen MR) is 85.6 cm³/mol. The predicted octanol–water partition coefficient (Wildman–Crippen LogP) is 1.42. The van der Waals surface area contributed by atoms with Crippen LogP contribution in [0.5, 0.6) is 0 Å². The molecule has 1 rings (SSSR count). The molecule has 7 heteroatoms. The third-order valence-electron chi connectivity index (χ3n) is 3.58. The number of alkyl carbamates (subject to hydrolysis) is 1. The standard InChI is InChI=1S/C15H30N4O3/c1-11(18-14(21)22-15(2,3)4)5-8-17-12-6-9-19(10-7-12)13(16)20/h11-12,17H,5-10H2,1-4H3,(H2,16,20)(H,18,21). The normalized spacial score (nSPS) is 17.9. The van der Waals surface area contributed by atoms with Crippen molar-refractivity contribution in [1.82, 2.24) is 15.5 Å². The van der Waals surface area contributed by atoms with Crippen molar-refractivity contribution in [3.8, 4) is 0 Å². The summed E-state index contributed by atoms with van der Waals surface area (Å²) in [6.07, 6.45) is 2.28. The highest BCUT2D eigenvalue weighted by atomic mass is 16.6. The molecule has 0 saturated carbocycles. The van der Waals surface area contributed by atoms with Crippen LogP contribution in [0, 0.1) is 0 Å². The van der Waals surface area contributed by atoms with Crippen LogP contribution in [0.4, 0.5) is 9.59 Å². The number of nitrogens with zero attached hydrogens (tertiary/aromatic N) is 1. The highest BCUT2D eigenvalue weighted by Gasteiger charge is 2.21. The van der Waals surface area contributed by atoms with Gasteiger partial charge in [0.2, 0.25) is 0 Å². The van der Waals surface area contributed by atoms with Gasteiger partial charge in [0.25, 0.3) is 0 Å². The average Bonchev–Trinajstić information content (AvgIpc) is 2.36. The van der Waals surface area contributed by atoms with Gasteiger partial charge in [0.05, 0.1) is 0 Å². The summed E-state index contributed by atoms with van der Waals surface area (Å²) in [6.45, 7) is 9.72. The number of ether oxygens (including phenoxy) is 1. The van der Waals surface area contributed by atoms with Crippen molar-refractivity contribution in [2.24, 2.45) is 5.73 Å². The molecule has 128 valence electrons. The van der Waals surface area contributed by atoms with E-state index in [-0.39, 0.29) is 18.2 Å². The van der Waals surface area contributed by atoms with Crippen molar-refractivity contribution in [2.75, 3.05) is 19.6 Å². The zero-order valence-corrected chi connectivity index (χ0v) is 14.1. The number of rotatable bonds is 5. The molecule has 0 aromatic heterocycles. The van der Waals surface area contributed by atoms with Gasteiger partial charge < -0.3 is 26.0 Å². The van der Waals surface area contributed by atoms with Gasteiger partial charge in [0, 0.05) is 25.2 Å². The van der Waals surface area contributed by atoms with Crippen LogP contribution in [0.2, 0.25) is 0 Å². The van der Waals surface area contributed by atoms with E-state index in [4.69, 9.17) is 10.5 Å². The smallest absolute Gasteiger partial charge is 0.407 e. The molecular weight excluding hydrogens is 284 g/mol. The fourth-order valence-electron chi connectivity index (χ4n) is 2.39. The highest BCUT2D eigenvalue weighted by molar-refractivity contribution is 5.72. The van der Waals surface area contributed by atoms with Gasteiger partial charge in [-0.2, -0.15) is 0 Å². The van der Waals surface area contributed by atoms with Crippen LogP contribution in [0.1, 0.15) is 47.0 Å². The molecule has 7 nitrogen and oxygen atoms in total. The first kappa shape index (κ1) is 18.5. The molecule has 1 aliphatic rings. The molecule has 4 N–H and O–H groups in total. The van der Waals surface area contributed by atoms with E-state index in [1.165, 1.54) is 0 Å². The SMILES string of the molecule is CC(CCNC1CCN(C(N)=O)CC1)NC(=O)OC(C)(C)C. The Kier molecular flexibility index (Phi) is 6.93. The average molecular weight is 314 g/mol. The van der Waals surface area contributed by atoms with Crippen molar-refractivity contribution in [1.29, 1.82) is 0 Å². The lowest BCUT2D eigenvalue weighted by Crippen LogP contribution is -2.47. The first-order valence-electron chi connectivity index (χ1n) is 7.94. The number of hydrogen-bond donors (Lipinski definition) is 3. The summed E-state index contributed by atoms with van der Waals surface area (Å²) >= 11 is 0. The summed E-state index contributed by atoms with van der Waals surface area (Å²) in [5, 5.41) is 6.29. The number of amides is 3. The Balaban J connectivity index is 2.14. The van der Waals surface area contributed by atoms with Crippen molar-refractivity contribution < 1.29 is 14.3 Å². The molecule has 22 heavy (non-hydrogen) atoms. The lowest BCUT2D eigenvalue weighted by Gasteiger charge is -2.31. The second-order valence-electron chi connectivity index (χ2n) is 6.89. The van der Waals surface area contributed by atoms with Crippen LogP contribution >= 0.6 is 0 Å². The van der Waals surface area contributed by atoms with E-state index in [2.05, 4.69) is 10.6 Å². The quantitative estimate of drug-likeness (QED) is 0.715. The molecule has 1 heterocycles. The number of nitrogens with two attached hydrogens (primary N) is 1. The topological polar surface area (TPSA) is 96.7 Å². The molecule has 0 aliphatic carbocycles. The Morgan fingerprint density at radius 2 is 1.91 bits per heavy atom. The second-order valence-corrected chi connectivity index (χ2v) is 6.89. The molecule has 3 amide bonds. The van der Waals surface area contributed by atoms with Crippen molar-refractivity contribution in [2.45, 2.75) is 64.6 Å². The molecule has 0 aromatic carbocycles. The summed E-state index contributed by atoms with van der Waals surface area (Å²) in [7, 11) is 0. The van der Waals surface area contributed by atoms with Gasteiger partial charge in [-0.15, -0.1) is 0 Å². The molecule has 1 aliphatic heterocycles. The molecule has 1 saturated heterocycles. The number of carbonyl (C=O) groups excluding carboxylic acids is 2. The molecule has 1 fully saturated rings. The number of piperidine rings is 1. The van der Waals surface area contributed by atoms with Crippen molar-refractivity contribution in [3.63, 3.8) is 0 Å². The molecule has 0 spiro atoms. The van der Waals surface area contributed by atoms with Crippen molar-refractivity contribution in [3.05, 3.63) is 0 Å². The van der Waals surface area contributed by atoms with Gasteiger partial charge in [-0.25, -0.2) is 9.59 Å². The Morgan fingerprint density at radius 1 is 1.32 bits per heavy atom. The number of nitrogens with one attached hydrogen (secondary N) is 2. The van der Waals surface area contributed by atoms with Gasteiger partial charge in [-0.3, -0.25) is 0 Å². The van der Waals surface area contributed by atoms with Crippen LogP contribution < -0.4 is 16.4 Å². The summed E-state index contributed by atoms with van der Waals surface area (Å²) < 4.78 is 5.22. The summed E-state index contributed by atoms with van der Waals surface area (Å²) in [6, 6.07) is 0.117. The minimum absolute atomic E-state index is 0.0491. The number of likely N-dealkylation sites (tertiary alicyclic amines) is 1. The number of primary amides is 1. The van der Waals surface area contributed by atoms with Gasteiger partial charge in [0.1, 0.15) is 5.60 Å². The van der Waals surface area contributed by atoms with Gasteiger partial charge in [-0.1, -0.05) is 0 Å². The Hall–Kier alpha value is -1.50. The third-order valence-corrected chi connectivity index (χ3v) is 3.58. The zero-order chi connectivity index (χ0) is 16.8. The highest BCUT2D eigenvalue weighted by Crippen LogP contribution is 2.10. The van der Waals surface area contributed by atoms with E-state index in [1.807, 2.05) is 27.7 Å². The van der Waals surface area contributed by atoms with E-state index in [0.29, 0.717) is 19.1 Å². The molecule has 0 aromatic rings. The molecule has 0 radical (unpaired) electrons. The number of carbonyl (C=O) groups is 2. The Bertz CT molecular complexity index is 373. The minimum atomic E-state index is -0.476. The van der Waals surface area contributed by atoms with Crippen LogP contribution in [0.25, 0.3) is 0 Å². The van der Waals surface area contributed by atoms with Crippen LogP contribution in [0.3, 0.4) is 0 Å². The largest absolute Gasteiger partial charge is 0.444 e. The molecule has 1 atom stereocenters. The van der Waals surface area contributed by atoms with E-state index in [9.17, 15) is 9.59 Å². The van der Waals surface area contributed by atoms with E-state index in [1.54, 1.807) is 4.90 Å². The fourth-order valence-corrected chi connectivity index (χ4v) is 2.39. The van der Waals surface area contributed by atoms with Crippen molar-refractivity contribution >= 4 is 12.1 Å². The van der Waals surface area contributed by atoms with E-state index < -0.39 is 5.60 Å². The molecular formula is C15H30N4O3. The maximum Gasteiger partial charge on any atom is 0.407 e. The maximum atomic E-state index is 11.6. The monoisotopic (exact) mass is 314 g/mol. The van der Waals surface area contributed by atoms with E-state index in [0.717, 1.165) is 25.8 Å². The third kappa shape index (κ3) is 7.49. The van der Waals surface area contributed by atoms with Gasteiger partial charge in [0.15, 0.2) is 0 Å². The summed E-state index contributed by atoms with van der Waals surface area (Å²) in [4.78, 5) is 24.3. The minimum Gasteiger partial charge on any atom is -0.444 e. The molecule has 0 bridgehead atoms. The number of urea groups is 1.